The first kappa shape index (κ1) is 20.5. The zero-order valence-corrected chi connectivity index (χ0v) is 17.6. The zero-order valence-electron chi connectivity index (χ0n) is 17.6. The summed E-state index contributed by atoms with van der Waals surface area (Å²) in [5, 5.41) is 0. The predicted molar refractivity (Wildman–Crippen MR) is 113 cm³/mol. The second-order valence-electron chi connectivity index (χ2n) is 8.39. The average Bonchev–Trinajstić information content (AvgIpc) is 3.13. The maximum absolute atomic E-state index is 13.0. The highest BCUT2D eigenvalue weighted by molar-refractivity contribution is 5.76. The number of carbonyl (C=O) groups is 1. The van der Waals surface area contributed by atoms with Gasteiger partial charge in [0, 0.05) is 30.9 Å². The van der Waals surface area contributed by atoms with Crippen LogP contribution < -0.4 is 4.74 Å². The van der Waals surface area contributed by atoms with E-state index in [1.807, 2.05) is 12.1 Å². The van der Waals surface area contributed by atoms with Gasteiger partial charge in [0.1, 0.15) is 5.75 Å². The Labute approximate surface area is 169 Å². The van der Waals surface area contributed by atoms with Crippen LogP contribution in [0.2, 0.25) is 0 Å². The molecule has 1 aromatic carbocycles. The van der Waals surface area contributed by atoms with Gasteiger partial charge in [-0.2, -0.15) is 0 Å². The van der Waals surface area contributed by atoms with Crippen LogP contribution in [0.15, 0.2) is 42.6 Å². The molecule has 2 aromatic rings. The zero-order chi connectivity index (χ0) is 19.9. The molecule has 1 aromatic heterocycles. The molecule has 0 N–H and O–H groups in total. The molecule has 0 aliphatic heterocycles. The van der Waals surface area contributed by atoms with Gasteiger partial charge >= 0.3 is 0 Å². The van der Waals surface area contributed by atoms with Crippen LogP contribution in [0.5, 0.6) is 5.75 Å². The molecule has 3 rings (SSSR count). The Morgan fingerprint density at radius 1 is 1.18 bits per heavy atom. The maximum Gasteiger partial charge on any atom is 0.223 e. The Balaban J connectivity index is 1.77. The highest BCUT2D eigenvalue weighted by Crippen LogP contribution is 2.26. The number of amides is 1. The van der Waals surface area contributed by atoms with Gasteiger partial charge in [-0.1, -0.05) is 45.2 Å². The summed E-state index contributed by atoms with van der Waals surface area (Å²) < 4.78 is 7.61. The van der Waals surface area contributed by atoms with E-state index in [-0.39, 0.29) is 0 Å². The lowest BCUT2D eigenvalue weighted by Gasteiger charge is -2.35. The van der Waals surface area contributed by atoms with E-state index in [9.17, 15) is 4.79 Å². The smallest absolute Gasteiger partial charge is 0.223 e. The average molecular weight is 383 g/mol. The van der Waals surface area contributed by atoms with E-state index in [1.54, 1.807) is 7.11 Å². The molecule has 0 unspecified atom stereocenters. The monoisotopic (exact) mass is 382 g/mol. The first-order valence-electron chi connectivity index (χ1n) is 10.6. The summed E-state index contributed by atoms with van der Waals surface area (Å²) in [6.07, 6.45) is 8.80. The van der Waals surface area contributed by atoms with Crippen LogP contribution in [-0.4, -0.2) is 28.5 Å². The number of aromatic nitrogens is 1. The number of hydrogen-bond donors (Lipinski definition) is 0. The normalized spacial score (nSPS) is 15.0. The van der Waals surface area contributed by atoms with Crippen LogP contribution in [0, 0.1) is 5.92 Å². The largest absolute Gasteiger partial charge is 0.497 e. The van der Waals surface area contributed by atoms with Crippen LogP contribution in [0.25, 0.3) is 0 Å². The first-order chi connectivity index (χ1) is 13.6. The lowest BCUT2D eigenvalue weighted by atomic mass is 9.93. The molecule has 0 atom stereocenters. The third-order valence-corrected chi connectivity index (χ3v) is 5.66. The van der Waals surface area contributed by atoms with Crippen molar-refractivity contribution in [1.82, 2.24) is 9.47 Å². The van der Waals surface area contributed by atoms with Crippen molar-refractivity contribution in [1.29, 1.82) is 0 Å². The predicted octanol–water partition coefficient (Wildman–Crippen LogP) is 5.25. The number of rotatable bonds is 8. The molecule has 28 heavy (non-hydrogen) atoms. The summed E-state index contributed by atoms with van der Waals surface area (Å²) in [4.78, 5) is 15.2. The lowest BCUT2D eigenvalue weighted by molar-refractivity contribution is -0.135. The Bertz CT molecular complexity index is 759. The third kappa shape index (κ3) is 5.40. The van der Waals surface area contributed by atoms with E-state index in [0.29, 0.717) is 30.8 Å². The fraction of sp³-hybridized carbons (Fsp3) is 0.542. The first-order valence-corrected chi connectivity index (χ1v) is 10.6. The Kier molecular flexibility index (Phi) is 7.18. The van der Waals surface area contributed by atoms with Gasteiger partial charge < -0.3 is 14.2 Å². The van der Waals surface area contributed by atoms with Crippen LogP contribution in [0.4, 0.5) is 0 Å². The molecule has 1 heterocycles. The summed E-state index contributed by atoms with van der Waals surface area (Å²) in [7, 11) is 1.70. The third-order valence-electron chi connectivity index (χ3n) is 5.66. The number of hydrogen-bond acceptors (Lipinski definition) is 2. The SMILES string of the molecule is COc1cccc(Cn2cccc2CN(C(=O)CC(C)C)C2CCCCC2)c1. The lowest BCUT2D eigenvalue weighted by Crippen LogP contribution is -2.41. The highest BCUT2D eigenvalue weighted by Gasteiger charge is 2.26. The molecule has 4 heteroatoms. The number of ether oxygens (including phenoxy) is 1. The van der Waals surface area contributed by atoms with Gasteiger partial charge in [0.2, 0.25) is 5.91 Å². The van der Waals surface area contributed by atoms with Crippen molar-refractivity contribution in [3.8, 4) is 5.75 Å². The Morgan fingerprint density at radius 3 is 2.68 bits per heavy atom. The number of nitrogens with zero attached hydrogens (tertiary/aromatic N) is 2. The molecule has 0 radical (unpaired) electrons. The molecule has 1 aliphatic carbocycles. The number of benzene rings is 1. The van der Waals surface area contributed by atoms with Gasteiger partial charge in [0.05, 0.1) is 13.7 Å². The molecule has 0 spiro atoms. The standard InChI is InChI=1S/C24H34N2O2/c1-19(2)15-24(27)26(21-10-5-4-6-11-21)18-22-12-8-14-25(22)17-20-9-7-13-23(16-20)28-3/h7-9,12-14,16,19,21H,4-6,10-11,15,17-18H2,1-3H3. The van der Waals surface area contributed by atoms with Crippen molar-refractivity contribution < 1.29 is 9.53 Å². The summed E-state index contributed by atoms with van der Waals surface area (Å²) in [6.45, 7) is 5.74. The molecule has 1 amide bonds. The van der Waals surface area contributed by atoms with Crippen molar-refractivity contribution in [3.05, 3.63) is 53.9 Å². The van der Waals surface area contributed by atoms with Gasteiger partial charge in [-0.05, 0) is 48.6 Å². The molecule has 0 bridgehead atoms. The minimum atomic E-state index is 0.302. The van der Waals surface area contributed by atoms with Crippen molar-refractivity contribution in [2.24, 2.45) is 5.92 Å². The number of methoxy groups -OCH3 is 1. The number of carbonyl (C=O) groups excluding carboxylic acids is 1. The maximum atomic E-state index is 13.0. The second kappa shape index (κ2) is 9.81. The molecule has 4 nitrogen and oxygen atoms in total. The molecular formula is C24H34N2O2. The van der Waals surface area contributed by atoms with Crippen molar-refractivity contribution in [3.63, 3.8) is 0 Å². The van der Waals surface area contributed by atoms with E-state index >= 15 is 0 Å². The van der Waals surface area contributed by atoms with E-state index in [4.69, 9.17) is 4.74 Å². The summed E-state index contributed by atoms with van der Waals surface area (Å²) in [5.41, 5.74) is 2.40. The van der Waals surface area contributed by atoms with Gasteiger partial charge in [-0.15, -0.1) is 0 Å². The van der Waals surface area contributed by atoms with Crippen molar-refractivity contribution in [2.75, 3.05) is 7.11 Å². The van der Waals surface area contributed by atoms with E-state index in [2.05, 4.69) is 53.8 Å². The quantitative estimate of drug-likeness (QED) is 0.625. The molecule has 152 valence electrons. The fourth-order valence-electron chi connectivity index (χ4n) is 4.17. The molecule has 1 aliphatic rings. The van der Waals surface area contributed by atoms with Crippen LogP contribution >= 0.6 is 0 Å². The molecular weight excluding hydrogens is 348 g/mol. The van der Waals surface area contributed by atoms with Gasteiger partial charge in [-0.25, -0.2) is 0 Å². The van der Waals surface area contributed by atoms with Gasteiger partial charge in [0.25, 0.3) is 0 Å². The summed E-state index contributed by atoms with van der Waals surface area (Å²) >= 11 is 0. The fourth-order valence-corrected chi connectivity index (χ4v) is 4.17. The summed E-state index contributed by atoms with van der Waals surface area (Å²) in [5.74, 6) is 1.57. The van der Waals surface area contributed by atoms with Crippen LogP contribution in [0.3, 0.4) is 0 Å². The van der Waals surface area contributed by atoms with Crippen LogP contribution in [-0.2, 0) is 17.9 Å². The van der Waals surface area contributed by atoms with Crippen LogP contribution in [0.1, 0.15) is 63.6 Å². The van der Waals surface area contributed by atoms with E-state index in [1.165, 1.54) is 30.5 Å². The topological polar surface area (TPSA) is 34.5 Å². The Hall–Kier alpha value is -2.23. The Morgan fingerprint density at radius 2 is 1.96 bits per heavy atom. The van der Waals surface area contributed by atoms with Gasteiger partial charge in [-0.3, -0.25) is 4.79 Å². The minimum absolute atomic E-state index is 0.302. The minimum Gasteiger partial charge on any atom is -0.497 e. The van der Waals surface area contributed by atoms with Gasteiger partial charge in [0.15, 0.2) is 0 Å². The second-order valence-corrected chi connectivity index (χ2v) is 8.39. The summed E-state index contributed by atoms with van der Waals surface area (Å²) in [6, 6.07) is 12.8. The van der Waals surface area contributed by atoms with E-state index in [0.717, 1.165) is 25.1 Å². The molecule has 1 saturated carbocycles. The molecule has 0 saturated heterocycles. The molecule has 1 fully saturated rings. The highest BCUT2D eigenvalue weighted by atomic mass is 16.5. The van der Waals surface area contributed by atoms with Crippen molar-refractivity contribution in [2.45, 2.75) is 71.5 Å². The van der Waals surface area contributed by atoms with Crippen molar-refractivity contribution >= 4 is 5.91 Å². The van der Waals surface area contributed by atoms with E-state index < -0.39 is 0 Å².